The van der Waals surface area contributed by atoms with Crippen LogP contribution in [0.2, 0.25) is 0 Å². The van der Waals surface area contributed by atoms with Crippen LogP contribution in [-0.4, -0.2) is 33.5 Å². The molecule has 0 radical (unpaired) electrons. The Hall–Kier alpha value is -2.41. The molecule has 1 aromatic carbocycles. The van der Waals surface area contributed by atoms with Crippen molar-refractivity contribution in [2.75, 3.05) is 6.61 Å². The number of nitrogens with one attached hydrogen (secondary N) is 2. The summed E-state index contributed by atoms with van der Waals surface area (Å²) < 4.78 is 18.4. The molecule has 0 fully saturated rings. The quantitative estimate of drug-likeness (QED) is 0.741. The van der Waals surface area contributed by atoms with E-state index >= 15 is 0 Å². The highest BCUT2D eigenvalue weighted by Gasteiger charge is 2.51. The lowest BCUT2D eigenvalue weighted by Gasteiger charge is -2.40. The van der Waals surface area contributed by atoms with Gasteiger partial charge in [0.05, 0.1) is 18.1 Å². The van der Waals surface area contributed by atoms with E-state index in [1.165, 1.54) is 24.3 Å². The first-order valence-corrected chi connectivity index (χ1v) is 7.79. The van der Waals surface area contributed by atoms with Crippen LogP contribution in [0.4, 0.5) is 4.39 Å². The Kier molecular flexibility index (Phi) is 4.04. The second-order valence-electron chi connectivity index (χ2n) is 6.26. The number of hydrogen-bond acceptors (Lipinski definition) is 4. The molecule has 1 aliphatic carbocycles. The molecule has 3 N–H and O–H groups in total. The highest BCUT2D eigenvalue weighted by molar-refractivity contribution is 5.77. The number of aliphatic hydroxyl groups is 1. The van der Waals surface area contributed by atoms with E-state index in [9.17, 15) is 19.1 Å². The van der Waals surface area contributed by atoms with Crippen LogP contribution in [0.5, 0.6) is 0 Å². The van der Waals surface area contributed by atoms with Gasteiger partial charge in [-0.05, 0) is 31.5 Å². The standard InChI is InChI=1S/C17H19FN2O4/c1-3-24-16(22)14-12(9-4-6-10(18)7-5-9)13-11(8-17(14,2)23)19-20-15(13)21/h4-7,12,14,23H,3,8H2,1-2H3,(H2,19,20,21)/t12-,14+,17-/m1/s1. The van der Waals surface area contributed by atoms with E-state index in [0.717, 1.165) is 0 Å². The Bertz CT molecular complexity index is 807. The Morgan fingerprint density at radius 1 is 1.38 bits per heavy atom. The molecule has 2 aromatic rings. The van der Waals surface area contributed by atoms with Crippen LogP contribution in [-0.2, 0) is 16.0 Å². The van der Waals surface area contributed by atoms with E-state index in [1.54, 1.807) is 13.8 Å². The van der Waals surface area contributed by atoms with Gasteiger partial charge in [-0.1, -0.05) is 12.1 Å². The van der Waals surface area contributed by atoms with Crippen molar-refractivity contribution in [1.82, 2.24) is 10.2 Å². The highest BCUT2D eigenvalue weighted by atomic mass is 19.1. The molecule has 0 amide bonds. The van der Waals surface area contributed by atoms with Crippen LogP contribution in [0.1, 0.15) is 36.6 Å². The molecule has 0 bridgehead atoms. The average molecular weight is 334 g/mol. The third-order valence-electron chi connectivity index (χ3n) is 4.52. The number of esters is 1. The molecule has 0 aliphatic heterocycles. The maximum atomic E-state index is 13.3. The number of H-pyrrole nitrogens is 2. The molecule has 1 aliphatic rings. The van der Waals surface area contributed by atoms with E-state index in [0.29, 0.717) is 16.8 Å². The number of rotatable bonds is 3. The second kappa shape index (κ2) is 5.90. The number of carbonyl (C=O) groups is 1. The molecule has 0 saturated heterocycles. The van der Waals surface area contributed by atoms with Gasteiger partial charge < -0.3 is 14.9 Å². The van der Waals surface area contributed by atoms with Crippen LogP contribution in [0, 0.1) is 11.7 Å². The van der Waals surface area contributed by atoms with Gasteiger partial charge in [0.25, 0.3) is 5.56 Å². The largest absolute Gasteiger partial charge is 0.466 e. The topological polar surface area (TPSA) is 95.2 Å². The number of halogens is 1. The lowest BCUT2D eigenvalue weighted by Crippen LogP contribution is -2.50. The molecule has 7 heteroatoms. The van der Waals surface area contributed by atoms with Gasteiger partial charge in [-0.2, -0.15) is 0 Å². The predicted octanol–water partition coefficient (Wildman–Crippen LogP) is 1.46. The molecular weight excluding hydrogens is 315 g/mol. The normalized spacial score (nSPS) is 26.0. The van der Waals surface area contributed by atoms with Crippen molar-refractivity contribution in [3.8, 4) is 0 Å². The molecule has 1 aromatic heterocycles. The van der Waals surface area contributed by atoms with Gasteiger partial charge in [0.2, 0.25) is 0 Å². The van der Waals surface area contributed by atoms with E-state index in [4.69, 9.17) is 4.74 Å². The van der Waals surface area contributed by atoms with Crippen molar-refractivity contribution >= 4 is 5.97 Å². The maximum Gasteiger partial charge on any atom is 0.312 e. The number of aromatic amines is 2. The zero-order chi connectivity index (χ0) is 17.5. The van der Waals surface area contributed by atoms with Gasteiger partial charge in [-0.25, -0.2) is 4.39 Å². The summed E-state index contributed by atoms with van der Waals surface area (Å²) in [4.78, 5) is 24.8. The zero-order valence-corrected chi connectivity index (χ0v) is 13.4. The minimum atomic E-state index is -1.41. The fourth-order valence-corrected chi connectivity index (χ4v) is 3.52. The highest BCUT2D eigenvalue weighted by Crippen LogP contribution is 2.44. The summed E-state index contributed by atoms with van der Waals surface area (Å²) in [5, 5.41) is 16.1. The fourth-order valence-electron chi connectivity index (χ4n) is 3.52. The summed E-state index contributed by atoms with van der Waals surface area (Å²) in [6.45, 7) is 3.38. The van der Waals surface area contributed by atoms with Crippen molar-refractivity contribution in [1.29, 1.82) is 0 Å². The molecule has 0 unspecified atom stereocenters. The summed E-state index contributed by atoms with van der Waals surface area (Å²) >= 11 is 0. The lowest BCUT2D eigenvalue weighted by molar-refractivity contribution is -0.159. The molecule has 128 valence electrons. The zero-order valence-electron chi connectivity index (χ0n) is 13.4. The molecule has 6 nitrogen and oxygen atoms in total. The van der Waals surface area contributed by atoms with Crippen molar-refractivity contribution in [3.63, 3.8) is 0 Å². The number of fused-ring (bicyclic) bond motifs is 1. The van der Waals surface area contributed by atoms with Gasteiger partial charge in [0.1, 0.15) is 5.82 Å². The van der Waals surface area contributed by atoms with Gasteiger partial charge in [-0.3, -0.25) is 14.7 Å². The summed E-state index contributed by atoms with van der Waals surface area (Å²) in [5.41, 5.74) is -0.278. The summed E-state index contributed by atoms with van der Waals surface area (Å²) in [7, 11) is 0. The summed E-state index contributed by atoms with van der Waals surface area (Å²) in [5.74, 6) is -2.69. The SMILES string of the molecule is CCOC(=O)[C@@H]1[C@H](c2ccc(F)cc2)c2c([nH][nH]c2=O)C[C@@]1(C)O. The van der Waals surface area contributed by atoms with Gasteiger partial charge in [0, 0.05) is 23.6 Å². The molecule has 0 spiro atoms. The van der Waals surface area contributed by atoms with E-state index in [2.05, 4.69) is 10.2 Å². The first-order chi connectivity index (χ1) is 11.3. The minimum absolute atomic E-state index is 0.113. The second-order valence-corrected chi connectivity index (χ2v) is 6.26. The number of benzene rings is 1. The Labute approximate surface area is 137 Å². The number of hydrogen-bond donors (Lipinski definition) is 3. The number of aromatic nitrogens is 2. The van der Waals surface area contributed by atoms with E-state index < -0.39 is 29.2 Å². The van der Waals surface area contributed by atoms with Crippen molar-refractivity contribution in [2.24, 2.45) is 5.92 Å². The lowest BCUT2D eigenvalue weighted by atomic mass is 9.66. The van der Waals surface area contributed by atoms with E-state index in [1.807, 2.05) is 0 Å². The molecule has 24 heavy (non-hydrogen) atoms. The van der Waals surface area contributed by atoms with Crippen LogP contribution >= 0.6 is 0 Å². The Morgan fingerprint density at radius 3 is 2.67 bits per heavy atom. The Balaban J connectivity index is 2.20. The molecule has 0 saturated carbocycles. The summed E-state index contributed by atoms with van der Waals surface area (Å²) in [6.07, 6.45) is 0.113. The average Bonchev–Trinajstić information content (AvgIpc) is 2.86. The van der Waals surface area contributed by atoms with Crippen LogP contribution in [0.15, 0.2) is 29.1 Å². The first-order valence-electron chi connectivity index (χ1n) is 7.79. The van der Waals surface area contributed by atoms with Crippen LogP contribution in [0.3, 0.4) is 0 Å². The van der Waals surface area contributed by atoms with Gasteiger partial charge in [0.15, 0.2) is 0 Å². The monoisotopic (exact) mass is 334 g/mol. The first kappa shape index (κ1) is 16.4. The molecule has 3 atom stereocenters. The van der Waals surface area contributed by atoms with Crippen LogP contribution < -0.4 is 5.56 Å². The third-order valence-corrected chi connectivity index (χ3v) is 4.52. The third kappa shape index (κ3) is 2.65. The predicted molar refractivity (Wildman–Crippen MR) is 84.1 cm³/mol. The summed E-state index contributed by atoms with van der Waals surface area (Å²) in [6, 6.07) is 5.57. The molecule has 3 rings (SSSR count). The van der Waals surface area contributed by atoms with Crippen molar-refractivity contribution in [3.05, 3.63) is 57.3 Å². The fraction of sp³-hybridized carbons (Fsp3) is 0.412. The molecule has 1 heterocycles. The number of carbonyl (C=O) groups excluding carboxylic acids is 1. The maximum absolute atomic E-state index is 13.3. The van der Waals surface area contributed by atoms with Gasteiger partial charge in [-0.15, -0.1) is 0 Å². The minimum Gasteiger partial charge on any atom is -0.466 e. The van der Waals surface area contributed by atoms with Crippen LogP contribution in [0.25, 0.3) is 0 Å². The Morgan fingerprint density at radius 2 is 2.04 bits per heavy atom. The molecular formula is C17H19FN2O4. The van der Waals surface area contributed by atoms with E-state index in [-0.39, 0.29) is 18.6 Å². The van der Waals surface area contributed by atoms with Crippen molar-refractivity contribution in [2.45, 2.75) is 31.8 Å². The number of ether oxygens (including phenoxy) is 1. The van der Waals surface area contributed by atoms with Gasteiger partial charge >= 0.3 is 5.97 Å². The van der Waals surface area contributed by atoms with Crippen molar-refractivity contribution < 1.29 is 19.0 Å². The smallest absolute Gasteiger partial charge is 0.312 e.